The highest BCUT2D eigenvalue weighted by Crippen LogP contribution is 2.05. The summed E-state index contributed by atoms with van der Waals surface area (Å²) in [5.41, 5.74) is 1.41. The summed E-state index contributed by atoms with van der Waals surface area (Å²) in [5.74, 6) is 0. The largest absolute Gasteiger partial charge is 0.313 e. The van der Waals surface area contributed by atoms with E-state index < -0.39 is 0 Å². The number of thioether (sulfide) groups is 1. The highest BCUT2D eigenvalue weighted by Gasteiger charge is 2.04. The van der Waals surface area contributed by atoms with Crippen molar-refractivity contribution in [2.75, 3.05) is 12.8 Å². The van der Waals surface area contributed by atoms with Crippen LogP contribution in [0.15, 0.2) is 30.3 Å². The van der Waals surface area contributed by atoms with Crippen molar-refractivity contribution in [3.63, 3.8) is 0 Å². The van der Waals surface area contributed by atoms with Crippen LogP contribution in [0.3, 0.4) is 0 Å². The zero-order valence-electron chi connectivity index (χ0n) is 9.86. The highest BCUT2D eigenvalue weighted by molar-refractivity contribution is 7.99. The van der Waals surface area contributed by atoms with E-state index in [4.69, 9.17) is 0 Å². The van der Waals surface area contributed by atoms with Crippen LogP contribution in [0.25, 0.3) is 0 Å². The van der Waals surface area contributed by atoms with E-state index in [1.807, 2.05) is 11.8 Å². The van der Waals surface area contributed by atoms with Gasteiger partial charge in [-0.05, 0) is 25.2 Å². The molecule has 0 heterocycles. The van der Waals surface area contributed by atoms with Crippen LogP contribution < -0.4 is 5.32 Å². The lowest BCUT2D eigenvalue weighted by atomic mass is 10.1. The van der Waals surface area contributed by atoms with Gasteiger partial charge in [-0.2, -0.15) is 11.8 Å². The van der Waals surface area contributed by atoms with E-state index in [9.17, 15) is 0 Å². The third-order valence-corrected chi connectivity index (χ3v) is 3.51. The molecule has 0 aliphatic heterocycles. The first kappa shape index (κ1) is 12.6. The van der Waals surface area contributed by atoms with Gasteiger partial charge in [0.05, 0.1) is 0 Å². The summed E-state index contributed by atoms with van der Waals surface area (Å²) in [6.07, 6.45) is 3.27. The van der Waals surface area contributed by atoms with Gasteiger partial charge in [0.1, 0.15) is 0 Å². The van der Waals surface area contributed by atoms with E-state index in [-0.39, 0.29) is 0 Å². The van der Waals surface area contributed by atoms with Gasteiger partial charge in [0.2, 0.25) is 0 Å². The summed E-state index contributed by atoms with van der Waals surface area (Å²) in [7, 11) is 0. The average molecular weight is 223 g/mol. The quantitative estimate of drug-likeness (QED) is 0.796. The van der Waals surface area contributed by atoms with Crippen molar-refractivity contribution in [1.29, 1.82) is 0 Å². The molecule has 1 aromatic carbocycles. The molecule has 1 nitrogen and oxygen atoms in total. The summed E-state index contributed by atoms with van der Waals surface area (Å²) in [6.45, 7) is 5.60. The molecule has 1 rings (SSSR count). The Labute approximate surface area is 97.7 Å². The molecule has 0 amide bonds. The minimum Gasteiger partial charge on any atom is -0.313 e. The fourth-order valence-electron chi connectivity index (χ4n) is 1.49. The van der Waals surface area contributed by atoms with Crippen LogP contribution in [0, 0.1) is 0 Å². The van der Waals surface area contributed by atoms with Crippen molar-refractivity contribution >= 4 is 11.8 Å². The van der Waals surface area contributed by atoms with Crippen molar-refractivity contribution in [3.8, 4) is 0 Å². The Morgan fingerprint density at radius 2 is 1.87 bits per heavy atom. The van der Waals surface area contributed by atoms with Gasteiger partial charge in [0.15, 0.2) is 0 Å². The Balaban J connectivity index is 2.27. The van der Waals surface area contributed by atoms with E-state index in [0.717, 1.165) is 13.0 Å². The van der Waals surface area contributed by atoms with Crippen molar-refractivity contribution in [1.82, 2.24) is 5.32 Å². The predicted molar refractivity (Wildman–Crippen MR) is 70.6 cm³/mol. The molecule has 0 aliphatic rings. The zero-order valence-corrected chi connectivity index (χ0v) is 10.7. The maximum Gasteiger partial charge on any atom is 0.0141 e. The molecule has 0 spiro atoms. The van der Waals surface area contributed by atoms with Crippen LogP contribution in [-0.4, -0.2) is 24.1 Å². The number of nitrogens with one attached hydrogen (secondary N) is 1. The number of rotatable bonds is 6. The van der Waals surface area contributed by atoms with Gasteiger partial charge < -0.3 is 5.32 Å². The molecule has 0 saturated carbocycles. The minimum absolute atomic E-state index is 0.557. The maximum atomic E-state index is 3.56. The van der Waals surface area contributed by atoms with Gasteiger partial charge in [-0.3, -0.25) is 0 Å². The SMILES string of the molecule is CSC(C)CNC(C)Cc1ccccc1. The number of hydrogen-bond donors (Lipinski definition) is 1. The fraction of sp³-hybridized carbons (Fsp3) is 0.538. The molecule has 2 atom stereocenters. The third-order valence-electron chi connectivity index (χ3n) is 2.54. The van der Waals surface area contributed by atoms with Crippen LogP contribution in [0.5, 0.6) is 0 Å². The van der Waals surface area contributed by atoms with Crippen molar-refractivity contribution in [2.45, 2.75) is 31.6 Å². The first-order valence-electron chi connectivity index (χ1n) is 5.52. The van der Waals surface area contributed by atoms with Gasteiger partial charge >= 0.3 is 0 Å². The molecule has 15 heavy (non-hydrogen) atoms. The molecule has 0 aliphatic carbocycles. The molecule has 0 aromatic heterocycles. The van der Waals surface area contributed by atoms with Crippen LogP contribution in [0.1, 0.15) is 19.4 Å². The molecule has 0 fully saturated rings. The summed E-state index contributed by atoms with van der Waals surface area (Å²) in [4.78, 5) is 0. The molecule has 0 bridgehead atoms. The lowest BCUT2D eigenvalue weighted by Crippen LogP contribution is -2.32. The smallest absolute Gasteiger partial charge is 0.0141 e. The predicted octanol–water partition coefficient (Wildman–Crippen LogP) is 2.96. The lowest BCUT2D eigenvalue weighted by Gasteiger charge is -2.16. The van der Waals surface area contributed by atoms with Crippen molar-refractivity contribution in [2.24, 2.45) is 0 Å². The molecule has 2 heteroatoms. The van der Waals surface area contributed by atoms with E-state index >= 15 is 0 Å². The van der Waals surface area contributed by atoms with E-state index in [0.29, 0.717) is 11.3 Å². The topological polar surface area (TPSA) is 12.0 Å². The molecule has 1 aromatic rings. The molecule has 0 saturated heterocycles. The Morgan fingerprint density at radius 1 is 1.20 bits per heavy atom. The molecule has 84 valence electrons. The van der Waals surface area contributed by atoms with Gasteiger partial charge in [-0.15, -0.1) is 0 Å². The van der Waals surface area contributed by atoms with Crippen LogP contribution in [0.4, 0.5) is 0 Å². The van der Waals surface area contributed by atoms with Crippen LogP contribution in [-0.2, 0) is 6.42 Å². The van der Waals surface area contributed by atoms with Crippen molar-refractivity contribution in [3.05, 3.63) is 35.9 Å². The van der Waals surface area contributed by atoms with E-state index in [1.165, 1.54) is 5.56 Å². The maximum absolute atomic E-state index is 3.56. The standard InChI is InChI=1S/C13H21NS/c1-11(14-10-12(2)15-3)9-13-7-5-4-6-8-13/h4-8,11-12,14H,9-10H2,1-3H3. The second-order valence-corrected chi connectivity index (χ2v) is 5.32. The molecule has 1 N–H and O–H groups in total. The van der Waals surface area contributed by atoms with Crippen LogP contribution in [0.2, 0.25) is 0 Å². The van der Waals surface area contributed by atoms with Crippen LogP contribution >= 0.6 is 11.8 Å². The Morgan fingerprint density at radius 3 is 2.47 bits per heavy atom. The molecule has 2 unspecified atom stereocenters. The normalized spacial score (nSPS) is 14.9. The third kappa shape index (κ3) is 5.24. The second-order valence-electron chi connectivity index (χ2n) is 4.05. The molecular weight excluding hydrogens is 202 g/mol. The highest BCUT2D eigenvalue weighted by atomic mass is 32.2. The Bertz CT molecular complexity index is 260. The van der Waals surface area contributed by atoms with E-state index in [2.05, 4.69) is 55.8 Å². The van der Waals surface area contributed by atoms with E-state index in [1.54, 1.807) is 0 Å². The van der Waals surface area contributed by atoms with Gasteiger partial charge in [0.25, 0.3) is 0 Å². The monoisotopic (exact) mass is 223 g/mol. The summed E-state index contributed by atoms with van der Waals surface area (Å²) < 4.78 is 0. The Kier molecular flexibility index (Phi) is 5.81. The van der Waals surface area contributed by atoms with Gasteiger partial charge in [0, 0.05) is 17.8 Å². The second kappa shape index (κ2) is 6.91. The summed E-state index contributed by atoms with van der Waals surface area (Å²) in [5, 5.41) is 4.26. The number of benzene rings is 1. The minimum atomic E-state index is 0.557. The first-order valence-corrected chi connectivity index (χ1v) is 6.81. The van der Waals surface area contributed by atoms with Gasteiger partial charge in [-0.1, -0.05) is 37.3 Å². The molecular formula is C13H21NS. The Hall–Kier alpha value is -0.470. The summed E-state index contributed by atoms with van der Waals surface area (Å²) >= 11 is 1.91. The van der Waals surface area contributed by atoms with Gasteiger partial charge in [-0.25, -0.2) is 0 Å². The lowest BCUT2D eigenvalue weighted by molar-refractivity contribution is 0.548. The molecule has 0 radical (unpaired) electrons. The number of hydrogen-bond acceptors (Lipinski definition) is 2. The van der Waals surface area contributed by atoms with Crippen molar-refractivity contribution < 1.29 is 0 Å². The first-order chi connectivity index (χ1) is 7.22. The average Bonchev–Trinajstić information content (AvgIpc) is 2.27. The fourth-order valence-corrected chi connectivity index (χ4v) is 1.75. The zero-order chi connectivity index (χ0) is 11.1. The summed E-state index contributed by atoms with van der Waals surface area (Å²) in [6, 6.07) is 11.2.